The smallest absolute Gasteiger partial charge is 0.350 e. The second kappa shape index (κ2) is 5.46. The van der Waals surface area contributed by atoms with E-state index in [4.69, 9.17) is 22.1 Å². The molecule has 0 fully saturated rings. The number of esters is 1. The van der Waals surface area contributed by atoms with Gasteiger partial charge in [0.15, 0.2) is 0 Å². The molecule has 1 aromatic carbocycles. The Morgan fingerprint density at radius 2 is 1.95 bits per heavy atom. The normalized spacial score (nSPS) is 11.4. The molecule has 1 aromatic heterocycles. The molecule has 0 saturated heterocycles. The summed E-state index contributed by atoms with van der Waals surface area (Å²) in [5.74, 6) is -0.404. The van der Waals surface area contributed by atoms with Crippen LogP contribution < -0.4 is 5.73 Å². The summed E-state index contributed by atoms with van der Waals surface area (Å²) in [4.78, 5) is 13.4. The Morgan fingerprint density at radius 1 is 1.30 bits per heavy atom. The van der Waals surface area contributed by atoms with Crippen molar-refractivity contribution >= 4 is 34.6 Å². The van der Waals surface area contributed by atoms with E-state index in [2.05, 4.69) is 0 Å². The first-order valence-electron chi connectivity index (χ1n) is 6.15. The van der Waals surface area contributed by atoms with E-state index in [0.717, 1.165) is 10.4 Å². The molecule has 2 N–H and O–H groups in total. The summed E-state index contributed by atoms with van der Waals surface area (Å²) in [6.45, 7) is 5.47. The van der Waals surface area contributed by atoms with Crippen molar-refractivity contribution in [3.05, 3.63) is 40.2 Å². The predicted molar refractivity (Wildman–Crippen MR) is 84.3 cm³/mol. The maximum absolute atomic E-state index is 12.1. The van der Waals surface area contributed by atoms with Crippen LogP contribution in [0.3, 0.4) is 0 Å². The Kier molecular flexibility index (Phi) is 4.06. The maximum Gasteiger partial charge on any atom is 0.350 e. The Labute approximate surface area is 127 Å². The third-order valence-corrected chi connectivity index (χ3v) is 3.98. The third kappa shape index (κ3) is 3.32. The highest BCUT2D eigenvalue weighted by molar-refractivity contribution is 7.18. The van der Waals surface area contributed by atoms with Crippen molar-refractivity contribution in [1.82, 2.24) is 0 Å². The van der Waals surface area contributed by atoms with Gasteiger partial charge in [-0.25, -0.2) is 4.79 Å². The summed E-state index contributed by atoms with van der Waals surface area (Å²) in [5, 5.41) is 0.629. The van der Waals surface area contributed by atoms with Crippen molar-refractivity contribution in [1.29, 1.82) is 0 Å². The molecule has 0 aliphatic carbocycles. The number of hydrogen-bond donors (Lipinski definition) is 1. The van der Waals surface area contributed by atoms with Crippen LogP contribution in [0.4, 0.5) is 5.69 Å². The van der Waals surface area contributed by atoms with E-state index < -0.39 is 11.6 Å². The molecular formula is C15H16ClNO2S. The van der Waals surface area contributed by atoms with Gasteiger partial charge in [0.25, 0.3) is 0 Å². The summed E-state index contributed by atoms with van der Waals surface area (Å²) in [5.41, 5.74) is 6.65. The third-order valence-electron chi connectivity index (χ3n) is 2.48. The van der Waals surface area contributed by atoms with Gasteiger partial charge in [-0.3, -0.25) is 0 Å². The second-order valence-electron chi connectivity index (χ2n) is 5.38. The molecule has 0 atom stereocenters. The van der Waals surface area contributed by atoms with E-state index in [1.165, 1.54) is 11.3 Å². The molecule has 20 heavy (non-hydrogen) atoms. The number of thiophene rings is 1. The number of rotatable bonds is 2. The number of ether oxygens (including phenoxy) is 1. The van der Waals surface area contributed by atoms with E-state index in [0.29, 0.717) is 15.6 Å². The average Bonchev–Trinajstić information content (AvgIpc) is 2.69. The molecule has 2 rings (SSSR count). The van der Waals surface area contributed by atoms with Gasteiger partial charge in [0.2, 0.25) is 0 Å². The van der Waals surface area contributed by atoms with Gasteiger partial charge in [-0.05, 0) is 32.9 Å². The summed E-state index contributed by atoms with van der Waals surface area (Å²) in [6, 6.07) is 9.21. The van der Waals surface area contributed by atoms with Gasteiger partial charge >= 0.3 is 5.97 Å². The maximum atomic E-state index is 12.1. The highest BCUT2D eigenvalue weighted by Gasteiger charge is 2.22. The van der Waals surface area contributed by atoms with Crippen LogP contribution in [0.2, 0.25) is 5.02 Å². The van der Waals surface area contributed by atoms with Gasteiger partial charge in [-0.2, -0.15) is 0 Å². The minimum Gasteiger partial charge on any atom is -0.456 e. The Hall–Kier alpha value is -1.52. The molecule has 5 heteroatoms. The molecule has 0 radical (unpaired) electrons. The first kappa shape index (κ1) is 14.9. The number of nitrogen functional groups attached to an aromatic ring is 1. The van der Waals surface area contributed by atoms with Gasteiger partial charge in [0, 0.05) is 15.5 Å². The van der Waals surface area contributed by atoms with Crippen molar-refractivity contribution in [2.24, 2.45) is 0 Å². The van der Waals surface area contributed by atoms with E-state index in [1.54, 1.807) is 12.1 Å². The molecular weight excluding hydrogens is 294 g/mol. The summed E-state index contributed by atoms with van der Waals surface area (Å²) >= 11 is 7.45. The summed E-state index contributed by atoms with van der Waals surface area (Å²) < 4.78 is 5.34. The first-order chi connectivity index (χ1) is 9.28. The number of hydrogen-bond acceptors (Lipinski definition) is 4. The van der Waals surface area contributed by atoms with Crippen molar-refractivity contribution in [2.75, 3.05) is 5.73 Å². The second-order valence-corrected chi connectivity index (χ2v) is 6.84. The molecule has 0 amide bonds. The molecule has 2 aromatic rings. The number of nitrogens with two attached hydrogens (primary N) is 1. The zero-order valence-corrected chi connectivity index (χ0v) is 13.1. The van der Waals surface area contributed by atoms with Crippen molar-refractivity contribution in [3.63, 3.8) is 0 Å². The SMILES string of the molecule is CC(C)(C)OC(=O)c1sc(-c2ccccc2Cl)cc1N. The molecule has 0 bridgehead atoms. The van der Waals surface area contributed by atoms with Crippen LogP contribution in [0.5, 0.6) is 0 Å². The average molecular weight is 310 g/mol. The molecule has 3 nitrogen and oxygen atoms in total. The van der Waals surface area contributed by atoms with Gasteiger partial charge < -0.3 is 10.5 Å². The molecule has 0 aliphatic rings. The van der Waals surface area contributed by atoms with Gasteiger partial charge in [-0.15, -0.1) is 11.3 Å². The number of carbonyl (C=O) groups is 1. The number of halogens is 1. The van der Waals surface area contributed by atoms with Crippen LogP contribution in [0.25, 0.3) is 10.4 Å². The van der Waals surface area contributed by atoms with Crippen molar-refractivity contribution in [3.8, 4) is 10.4 Å². The Morgan fingerprint density at radius 3 is 2.55 bits per heavy atom. The largest absolute Gasteiger partial charge is 0.456 e. The Balaban J connectivity index is 2.36. The van der Waals surface area contributed by atoms with Gasteiger partial charge in [0.1, 0.15) is 10.5 Å². The molecule has 0 saturated carbocycles. The summed E-state index contributed by atoms with van der Waals surface area (Å²) in [6.07, 6.45) is 0. The zero-order chi connectivity index (χ0) is 14.9. The van der Waals surface area contributed by atoms with E-state index in [-0.39, 0.29) is 0 Å². The number of benzene rings is 1. The Bertz CT molecular complexity index is 644. The van der Waals surface area contributed by atoms with E-state index >= 15 is 0 Å². The lowest BCUT2D eigenvalue weighted by atomic mass is 10.2. The highest BCUT2D eigenvalue weighted by atomic mass is 35.5. The van der Waals surface area contributed by atoms with E-state index in [1.807, 2.05) is 39.0 Å². The highest BCUT2D eigenvalue weighted by Crippen LogP contribution is 2.37. The molecule has 0 unspecified atom stereocenters. The van der Waals surface area contributed by atoms with Crippen LogP contribution >= 0.6 is 22.9 Å². The van der Waals surface area contributed by atoms with Crippen molar-refractivity contribution < 1.29 is 9.53 Å². The molecule has 106 valence electrons. The number of carbonyl (C=O) groups excluding carboxylic acids is 1. The van der Waals surface area contributed by atoms with Crippen LogP contribution in [0.15, 0.2) is 30.3 Å². The lowest BCUT2D eigenvalue weighted by Gasteiger charge is -2.18. The quantitative estimate of drug-likeness (QED) is 0.824. The fourth-order valence-corrected chi connectivity index (χ4v) is 2.97. The van der Waals surface area contributed by atoms with Crippen LogP contribution in [-0.2, 0) is 4.74 Å². The minimum atomic E-state index is -0.544. The summed E-state index contributed by atoms with van der Waals surface area (Å²) in [7, 11) is 0. The fourth-order valence-electron chi connectivity index (χ4n) is 1.68. The molecule has 0 spiro atoms. The monoisotopic (exact) mass is 309 g/mol. The molecule has 0 aliphatic heterocycles. The topological polar surface area (TPSA) is 52.3 Å². The predicted octanol–water partition coefficient (Wildman–Crippen LogP) is 4.61. The van der Waals surface area contributed by atoms with Crippen LogP contribution in [0, 0.1) is 0 Å². The first-order valence-corrected chi connectivity index (χ1v) is 7.35. The van der Waals surface area contributed by atoms with Gasteiger partial charge in [-0.1, -0.05) is 29.8 Å². The van der Waals surface area contributed by atoms with Crippen LogP contribution in [0.1, 0.15) is 30.4 Å². The standard InChI is InChI=1S/C15H16ClNO2S/c1-15(2,3)19-14(18)13-11(17)8-12(20-13)9-6-4-5-7-10(9)16/h4-8H,17H2,1-3H3. The fraction of sp³-hybridized carbons (Fsp3) is 0.267. The lowest BCUT2D eigenvalue weighted by Crippen LogP contribution is -2.23. The molecule has 1 heterocycles. The number of anilines is 1. The minimum absolute atomic E-state index is 0.404. The lowest BCUT2D eigenvalue weighted by molar-refractivity contribution is 0.00764. The zero-order valence-electron chi connectivity index (χ0n) is 11.6. The van der Waals surface area contributed by atoms with Gasteiger partial charge in [0.05, 0.1) is 5.69 Å². The van der Waals surface area contributed by atoms with Crippen molar-refractivity contribution in [2.45, 2.75) is 26.4 Å². The van der Waals surface area contributed by atoms with Crippen LogP contribution in [-0.4, -0.2) is 11.6 Å². The van der Waals surface area contributed by atoms with E-state index in [9.17, 15) is 4.79 Å².